The fourth-order valence-electron chi connectivity index (χ4n) is 3.82. The summed E-state index contributed by atoms with van der Waals surface area (Å²) in [5, 5.41) is 4.21. The molecule has 144 valence electrons. The van der Waals surface area contributed by atoms with Crippen LogP contribution in [0.1, 0.15) is 30.3 Å². The van der Waals surface area contributed by atoms with E-state index in [0.717, 1.165) is 42.8 Å². The van der Waals surface area contributed by atoms with Crippen molar-refractivity contribution in [1.29, 1.82) is 0 Å². The average Bonchev–Trinajstić information content (AvgIpc) is 3.45. The smallest absolute Gasteiger partial charge is 0.244 e. The zero-order valence-electron chi connectivity index (χ0n) is 16.0. The van der Waals surface area contributed by atoms with Gasteiger partial charge in [-0.3, -0.25) is 14.9 Å². The lowest BCUT2D eigenvalue weighted by atomic mass is 10.1. The lowest BCUT2D eigenvalue weighted by Crippen LogP contribution is -2.22. The van der Waals surface area contributed by atoms with Gasteiger partial charge in [-0.15, -0.1) is 0 Å². The maximum atomic E-state index is 5.65. The van der Waals surface area contributed by atoms with E-state index in [2.05, 4.69) is 49.3 Å². The second-order valence-electron chi connectivity index (χ2n) is 7.24. The van der Waals surface area contributed by atoms with Crippen molar-refractivity contribution in [2.45, 2.75) is 25.4 Å². The van der Waals surface area contributed by atoms with Gasteiger partial charge in [-0.05, 0) is 49.2 Å². The Kier molecular flexibility index (Phi) is 4.84. The van der Waals surface area contributed by atoms with Crippen molar-refractivity contribution in [2.75, 3.05) is 6.54 Å². The highest BCUT2D eigenvalue weighted by molar-refractivity contribution is 5.62. The predicted octanol–water partition coefficient (Wildman–Crippen LogP) is 4.53. The molecule has 0 bridgehead atoms. The second kappa shape index (κ2) is 7.93. The van der Waals surface area contributed by atoms with Gasteiger partial charge in [0.05, 0.1) is 11.7 Å². The van der Waals surface area contributed by atoms with Crippen molar-refractivity contribution in [3.8, 4) is 22.6 Å². The van der Waals surface area contributed by atoms with Gasteiger partial charge in [0.1, 0.15) is 0 Å². The Balaban J connectivity index is 1.33. The van der Waals surface area contributed by atoms with E-state index in [4.69, 9.17) is 4.52 Å². The van der Waals surface area contributed by atoms with Crippen LogP contribution in [0.4, 0.5) is 0 Å². The van der Waals surface area contributed by atoms with E-state index in [-0.39, 0.29) is 6.04 Å². The van der Waals surface area contributed by atoms with Gasteiger partial charge in [-0.1, -0.05) is 35.5 Å². The van der Waals surface area contributed by atoms with Gasteiger partial charge in [-0.25, -0.2) is 0 Å². The maximum Gasteiger partial charge on any atom is 0.244 e. The third kappa shape index (κ3) is 3.79. The Morgan fingerprint density at radius 3 is 2.62 bits per heavy atom. The Bertz CT molecular complexity index is 1060. The number of likely N-dealkylation sites (tertiary alicyclic amines) is 1. The first-order valence-corrected chi connectivity index (χ1v) is 9.85. The molecule has 4 heterocycles. The molecule has 6 nitrogen and oxygen atoms in total. The second-order valence-corrected chi connectivity index (χ2v) is 7.24. The minimum Gasteiger partial charge on any atom is -0.337 e. The lowest BCUT2D eigenvalue weighted by Gasteiger charge is -2.21. The largest absolute Gasteiger partial charge is 0.337 e. The van der Waals surface area contributed by atoms with E-state index >= 15 is 0 Å². The molecule has 0 spiro atoms. The van der Waals surface area contributed by atoms with Gasteiger partial charge in [0, 0.05) is 36.3 Å². The van der Waals surface area contributed by atoms with Crippen molar-refractivity contribution in [3.63, 3.8) is 0 Å². The molecule has 5 rings (SSSR count). The van der Waals surface area contributed by atoms with Gasteiger partial charge in [0.2, 0.25) is 11.7 Å². The van der Waals surface area contributed by atoms with Crippen LogP contribution in [0, 0.1) is 0 Å². The molecular weight excluding hydrogens is 362 g/mol. The predicted molar refractivity (Wildman–Crippen MR) is 110 cm³/mol. The molecule has 0 amide bonds. The molecule has 1 atom stereocenters. The quantitative estimate of drug-likeness (QED) is 0.504. The molecule has 0 N–H and O–H groups in total. The monoisotopic (exact) mass is 383 g/mol. The van der Waals surface area contributed by atoms with Crippen LogP contribution < -0.4 is 0 Å². The highest BCUT2D eigenvalue weighted by Gasteiger charge is 2.30. The summed E-state index contributed by atoms with van der Waals surface area (Å²) >= 11 is 0. The summed E-state index contributed by atoms with van der Waals surface area (Å²) in [6.07, 6.45) is 7.49. The van der Waals surface area contributed by atoms with Crippen LogP contribution in [-0.2, 0) is 6.54 Å². The highest BCUT2D eigenvalue weighted by Crippen LogP contribution is 2.33. The molecule has 1 aliphatic rings. The molecule has 0 radical (unpaired) electrons. The van der Waals surface area contributed by atoms with Crippen LogP contribution in [-0.4, -0.2) is 31.6 Å². The van der Waals surface area contributed by atoms with Crippen LogP contribution in [0.5, 0.6) is 0 Å². The first-order valence-electron chi connectivity index (χ1n) is 9.85. The van der Waals surface area contributed by atoms with Gasteiger partial charge >= 0.3 is 0 Å². The Morgan fingerprint density at radius 2 is 1.83 bits per heavy atom. The molecular formula is C23H21N5O. The SMILES string of the molecule is c1ccc(CN2CCCC2c2nc(-c3ccc(-c4ccncc4)nc3)no2)cc1. The Labute approximate surface area is 169 Å². The van der Waals surface area contributed by atoms with E-state index in [1.807, 2.05) is 30.3 Å². The number of benzene rings is 1. The number of hydrogen-bond donors (Lipinski definition) is 0. The maximum absolute atomic E-state index is 5.65. The van der Waals surface area contributed by atoms with Crippen molar-refractivity contribution >= 4 is 0 Å². The molecule has 6 heteroatoms. The van der Waals surface area contributed by atoms with Crippen LogP contribution in [0.2, 0.25) is 0 Å². The van der Waals surface area contributed by atoms with E-state index in [1.165, 1.54) is 5.56 Å². The summed E-state index contributed by atoms with van der Waals surface area (Å²) in [5.74, 6) is 1.27. The van der Waals surface area contributed by atoms with Crippen LogP contribution in [0.15, 0.2) is 77.7 Å². The van der Waals surface area contributed by atoms with Crippen molar-refractivity contribution in [2.24, 2.45) is 0 Å². The summed E-state index contributed by atoms with van der Waals surface area (Å²) in [7, 11) is 0. The molecule has 1 unspecified atom stereocenters. The molecule has 3 aromatic heterocycles. The molecule has 0 saturated carbocycles. The fourth-order valence-corrected chi connectivity index (χ4v) is 3.82. The minimum atomic E-state index is 0.167. The topological polar surface area (TPSA) is 67.9 Å². The number of rotatable bonds is 5. The van der Waals surface area contributed by atoms with E-state index < -0.39 is 0 Å². The van der Waals surface area contributed by atoms with Crippen LogP contribution in [0.25, 0.3) is 22.6 Å². The summed E-state index contributed by atoms with van der Waals surface area (Å²) in [6, 6.07) is 18.5. The van der Waals surface area contributed by atoms with Crippen molar-refractivity contribution < 1.29 is 4.52 Å². The zero-order valence-corrected chi connectivity index (χ0v) is 16.0. The summed E-state index contributed by atoms with van der Waals surface area (Å²) in [4.78, 5) is 15.7. The lowest BCUT2D eigenvalue weighted by molar-refractivity contribution is 0.201. The molecule has 1 fully saturated rings. The fraction of sp³-hybridized carbons (Fsp3) is 0.217. The molecule has 1 aromatic carbocycles. The normalized spacial score (nSPS) is 16.9. The number of nitrogens with zero attached hydrogens (tertiary/aromatic N) is 5. The third-order valence-corrected chi connectivity index (χ3v) is 5.32. The number of aromatic nitrogens is 4. The van der Waals surface area contributed by atoms with Gasteiger partial charge in [-0.2, -0.15) is 4.98 Å². The Hall–Kier alpha value is -3.38. The van der Waals surface area contributed by atoms with Gasteiger partial charge < -0.3 is 4.52 Å². The summed E-state index contributed by atoms with van der Waals surface area (Å²) in [6.45, 7) is 1.94. The number of hydrogen-bond acceptors (Lipinski definition) is 6. The van der Waals surface area contributed by atoms with E-state index in [9.17, 15) is 0 Å². The van der Waals surface area contributed by atoms with E-state index in [0.29, 0.717) is 11.7 Å². The first-order chi connectivity index (χ1) is 14.4. The van der Waals surface area contributed by atoms with E-state index in [1.54, 1.807) is 18.6 Å². The van der Waals surface area contributed by atoms with Gasteiger partial charge in [0.15, 0.2) is 0 Å². The molecule has 4 aromatic rings. The molecule has 29 heavy (non-hydrogen) atoms. The van der Waals surface area contributed by atoms with Crippen molar-refractivity contribution in [3.05, 3.63) is 84.6 Å². The van der Waals surface area contributed by atoms with Crippen molar-refractivity contribution in [1.82, 2.24) is 25.0 Å². The molecule has 1 aliphatic heterocycles. The van der Waals surface area contributed by atoms with Crippen LogP contribution >= 0.6 is 0 Å². The minimum absolute atomic E-state index is 0.167. The third-order valence-electron chi connectivity index (χ3n) is 5.32. The Morgan fingerprint density at radius 1 is 0.966 bits per heavy atom. The summed E-state index contributed by atoms with van der Waals surface area (Å²) < 4.78 is 5.65. The summed E-state index contributed by atoms with van der Waals surface area (Å²) in [5.41, 5.74) is 4.08. The molecule has 1 saturated heterocycles. The first kappa shape index (κ1) is 17.7. The van der Waals surface area contributed by atoms with Crippen LogP contribution in [0.3, 0.4) is 0 Å². The zero-order chi connectivity index (χ0) is 19.5. The standard InChI is InChI=1S/C23H21N5O/c1-2-5-17(6-3-1)16-28-14-4-7-21(28)23-26-22(27-29-23)19-8-9-20(25-15-19)18-10-12-24-13-11-18/h1-3,5-6,8-13,15,21H,4,7,14,16H2. The highest BCUT2D eigenvalue weighted by atomic mass is 16.5. The average molecular weight is 383 g/mol. The number of pyridine rings is 2. The molecule has 0 aliphatic carbocycles. The van der Waals surface area contributed by atoms with Gasteiger partial charge in [0.25, 0.3) is 0 Å².